The first kappa shape index (κ1) is 15.2. The molecular weight excluding hydrogens is 224 g/mol. The number of aryl methyl sites for hydroxylation is 1. The van der Waals surface area contributed by atoms with Crippen LogP contribution in [0.5, 0.6) is 0 Å². The molecule has 0 saturated carbocycles. The minimum atomic E-state index is 0.801. The average molecular weight is 250 g/mol. The SMILES string of the molecule is CCOCCNCCN(C)Cc1ccc(C)cc1. The van der Waals surface area contributed by atoms with Gasteiger partial charge < -0.3 is 15.0 Å². The third kappa shape index (κ3) is 6.74. The van der Waals surface area contributed by atoms with Crippen LogP contribution in [-0.2, 0) is 11.3 Å². The fraction of sp³-hybridized carbons (Fsp3) is 0.600. The molecule has 0 saturated heterocycles. The topological polar surface area (TPSA) is 24.5 Å². The molecule has 0 unspecified atom stereocenters. The number of nitrogens with zero attached hydrogens (tertiary/aromatic N) is 1. The minimum absolute atomic E-state index is 0.801. The van der Waals surface area contributed by atoms with Gasteiger partial charge in [-0.1, -0.05) is 29.8 Å². The second-order valence-corrected chi connectivity index (χ2v) is 4.67. The van der Waals surface area contributed by atoms with Gasteiger partial charge >= 0.3 is 0 Å². The summed E-state index contributed by atoms with van der Waals surface area (Å²) in [6.45, 7) is 9.76. The van der Waals surface area contributed by atoms with Gasteiger partial charge in [0.05, 0.1) is 6.61 Å². The van der Waals surface area contributed by atoms with Crippen LogP contribution in [0.3, 0.4) is 0 Å². The third-order valence-electron chi connectivity index (χ3n) is 2.87. The van der Waals surface area contributed by atoms with E-state index in [1.54, 1.807) is 0 Å². The molecule has 0 fully saturated rings. The quantitative estimate of drug-likeness (QED) is 0.679. The number of likely N-dealkylation sites (N-methyl/N-ethyl adjacent to an activating group) is 1. The van der Waals surface area contributed by atoms with Gasteiger partial charge in [0.2, 0.25) is 0 Å². The van der Waals surface area contributed by atoms with Crippen LogP contribution in [0, 0.1) is 6.92 Å². The lowest BCUT2D eigenvalue weighted by atomic mass is 10.1. The summed E-state index contributed by atoms with van der Waals surface area (Å²) < 4.78 is 5.27. The second-order valence-electron chi connectivity index (χ2n) is 4.67. The van der Waals surface area contributed by atoms with Crippen LogP contribution in [0.2, 0.25) is 0 Å². The smallest absolute Gasteiger partial charge is 0.0590 e. The first-order chi connectivity index (χ1) is 8.72. The molecule has 0 spiro atoms. The van der Waals surface area contributed by atoms with Gasteiger partial charge in [-0.15, -0.1) is 0 Å². The first-order valence-electron chi connectivity index (χ1n) is 6.75. The molecular formula is C15H26N2O. The minimum Gasteiger partial charge on any atom is -0.380 e. The summed E-state index contributed by atoms with van der Waals surface area (Å²) >= 11 is 0. The molecule has 0 amide bonds. The van der Waals surface area contributed by atoms with E-state index in [2.05, 4.69) is 48.5 Å². The lowest BCUT2D eigenvalue weighted by Gasteiger charge is -2.17. The van der Waals surface area contributed by atoms with Crippen LogP contribution in [0.15, 0.2) is 24.3 Å². The van der Waals surface area contributed by atoms with E-state index < -0.39 is 0 Å². The maximum Gasteiger partial charge on any atom is 0.0590 e. The molecule has 1 aromatic carbocycles. The molecule has 1 aromatic rings. The highest BCUT2D eigenvalue weighted by Gasteiger charge is 1.99. The molecule has 0 aliphatic carbocycles. The summed E-state index contributed by atoms with van der Waals surface area (Å²) in [5.74, 6) is 0. The number of rotatable bonds is 9. The molecule has 1 rings (SSSR count). The molecule has 0 radical (unpaired) electrons. The van der Waals surface area contributed by atoms with E-state index in [0.29, 0.717) is 0 Å². The highest BCUT2D eigenvalue weighted by Crippen LogP contribution is 2.05. The van der Waals surface area contributed by atoms with Gasteiger partial charge in [-0.3, -0.25) is 0 Å². The number of ether oxygens (including phenoxy) is 1. The van der Waals surface area contributed by atoms with Crippen molar-refractivity contribution < 1.29 is 4.74 Å². The fourth-order valence-electron chi connectivity index (χ4n) is 1.77. The molecule has 1 N–H and O–H groups in total. The van der Waals surface area contributed by atoms with Gasteiger partial charge in [0.25, 0.3) is 0 Å². The van der Waals surface area contributed by atoms with E-state index in [1.165, 1.54) is 11.1 Å². The Morgan fingerprint density at radius 3 is 2.56 bits per heavy atom. The summed E-state index contributed by atoms with van der Waals surface area (Å²) in [6, 6.07) is 8.75. The van der Waals surface area contributed by atoms with Gasteiger partial charge in [-0.05, 0) is 26.5 Å². The molecule has 0 bridgehead atoms. The Labute approximate surface area is 111 Å². The van der Waals surface area contributed by atoms with E-state index in [4.69, 9.17) is 4.74 Å². The summed E-state index contributed by atoms with van der Waals surface area (Å²) in [5.41, 5.74) is 2.69. The standard InChI is InChI=1S/C15H26N2O/c1-4-18-12-10-16-9-11-17(3)13-15-7-5-14(2)6-8-15/h5-8,16H,4,9-13H2,1-3H3. The zero-order valence-corrected chi connectivity index (χ0v) is 11.9. The van der Waals surface area contributed by atoms with E-state index in [9.17, 15) is 0 Å². The molecule has 3 heteroatoms. The predicted octanol–water partition coefficient (Wildman–Crippen LogP) is 2.05. The molecule has 102 valence electrons. The van der Waals surface area contributed by atoms with Crippen molar-refractivity contribution in [3.8, 4) is 0 Å². The molecule has 0 atom stereocenters. The Bertz CT molecular complexity index is 311. The van der Waals surface area contributed by atoms with Crippen molar-refractivity contribution in [3.63, 3.8) is 0 Å². The number of benzene rings is 1. The third-order valence-corrected chi connectivity index (χ3v) is 2.87. The molecule has 3 nitrogen and oxygen atoms in total. The lowest BCUT2D eigenvalue weighted by molar-refractivity contribution is 0.148. The Balaban J connectivity index is 2.10. The maximum atomic E-state index is 5.27. The van der Waals surface area contributed by atoms with Crippen LogP contribution in [0.25, 0.3) is 0 Å². The lowest BCUT2D eigenvalue weighted by Crippen LogP contribution is -2.30. The summed E-state index contributed by atoms with van der Waals surface area (Å²) in [4.78, 5) is 2.33. The second kappa shape index (κ2) is 9.09. The monoisotopic (exact) mass is 250 g/mol. The van der Waals surface area contributed by atoms with Crippen LogP contribution in [0.4, 0.5) is 0 Å². The highest BCUT2D eigenvalue weighted by atomic mass is 16.5. The Morgan fingerprint density at radius 1 is 1.17 bits per heavy atom. The van der Waals surface area contributed by atoms with Crippen molar-refractivity contribution in [3.05, 3.63) is 35.4 Å². The zero-order valence-electron chi connectivity index (χ0n) is 11.9. The van der Waals surface area contributed by atoms with Gasteiger partial charge in [-0.25, -0.2) is 0 Å². The molecule has 0 aromatic heterocycles. The summed E-state index contributed by atoms with van der Waals surface area (Å²) in [6.07, 6.45) is 0. The van der Waals surface area contributed by atoms with Crippen molar-refractivity contribution in [1.29, 1.82) is 0 Å². The zero-order chi connectivity index (χ0) is 13.2. The van der Waals surface area contributed by atoms with Crippen molar-refractivity contribution in [2.45, 2.75) is 20.4 Å². The van der Waals surface area contributed by atoms with E-state index in [1.807, 2.05) is 6.92 Å². The van der Waals surface area contributed by atoms with Gasteiger partial charge in [-0.2, -0.15) is 0 Å². The van der Waals surface area contributed by atoms with Crippen LogP contribution < -0.4 is 5.32 Å². The Kier molecular flexibility index (Phi) is 7.65. The van der Waals surface area contributed by atoms with Crippen molar-refractivity contribution in [2.75, 3.05) is 39.9 Å². The maximum absolute atomic E-state index is 5.27. The predicted molar refractivity (Wildman–Crippen MR) is 76.9 cm³/mol. The Hall–Kier alpha value is -0.900. The fourth-order valence-corrected chi connectivity index (χ4v) is 1.77. The largest absolute Gasteiger partial charge is 0.380 e. The molecule has 0 heterocycles. The van der Waals surface area contributed by atoms with Crippen molar-refractivity contribution >= 4 is 0 Å². The van der Waals surface area contributed by atoms with Crippen molar-refractivity contribution in [2.24, 2.45) is 0 Å². The number of nitrogens with one attached hydrogen (secondary N) is 1. The normalized spacial score (nSPS) is 11.1. The highest BCUT2D eigenvalue weighted by molar-refractivity contribution is 5.21. The van der Waals surface area contributed by atoms with Crippen LogP contribution in [0.1, 0.15) is 18.1 Å². The summed E-state index contributed by atoms with van der Waals surface area (Å²) in [7, 11) is 2.16. The van der Waals surface area contributed by atoms with E-state index in [-0.39, 0.29) is 0 Å². The van der Waals surface area contributed by atoms with Crippen LogP contribution in [-0.4, -0.2) is 44.8 Å². The van der Waals surface area contributed by atoms with Gasteiger partial charge in [0, 0.05) is 32.8 Å². The van der Waals surface area contributed by atoms with Gasteiger partial charge in [0.15, 0.2) is 0 Å². The number of hydrogen-bond donors (Lipinski definition) is 1. The molecule has 18 heavy (non-hydrogen) atoms. The van der Waals surface area contributed by atoms with E-state index in [0.717, 1.165) is 39.4 Å². The molecule has 0 aliphatic rings. The molecule has 0 aliphatic heterocycles. The average Bonchev–Trinajstić information content (AvgIpc) is 2.36. The van der Waals surface area contributed by atoms with Crippen LogP contribution >= 0.6 is 0 Å². The van der Waals surface area contributed by atoms with Crippen molar-refractivity contribution in [1.82, 2.24) is 10.2 Å². The van der Waals surface area contributed by atoms with Gasteiger partial charge in [0.1, 0.15) is 0 Å². The first-order valence-corrected chi connectivity index (χ1v) is 6.75. The Morgan fingerprint density at radius 2 is 1.89 bits per heavy atom. The van der Waals surface area contributed by atoms with E-state index >= 15 is 0 Å². The summed E-state index contributed by atoms with van der Waals surface area (Å²) in [5, 5.41) is 3.38. The number of hydrogen-bond acceptors (Lipinski definition) is 3.